The standard InChI is InChI=1S/C19H30OS/c1-10-15-13(4)11(2)12(3)14(5)16(15)18(6,7)19(8,9)17(20)21/h10H2,1-9H3,(H,20,21). The van der Waals surface area contributed by atoms with E-state index in [-0.39, 0.29) is 10.5 Å². The lowest BCUT2D eigenvalue weighted by molar-refractivity contribution is -0.120. The maximum Gasteiger partial charge on any atom is 0.192 e. The zero-order valence-electron chi connectivity index (χ0n) is 15.1. The molecule has 0 heterocycles. The Morgan fingerprint density at radius 1 is 0.905 bits per heavy atom. The van der Waals surface area contributed by atoms with Gasteiger partial charge >= 0.3 is 0 Å². The molecule has 1 rings (SSSR count). The molecule has 0 unspecified atom stereocenters. The van der Waals surface area contributed by atoms with Crippen LogP contribution in [-0.2, 0) is 16.6 Å². The van der Waals surface area contributed by atoms with Crippen molar-refractivity contribution in [1.29, 1.82) is 0 Å². The van der Waals surface area contributed by atoms with Crippen molar-refractivity contribution in [3.8, 4) is 0 Å². The van der Waals surface area contributed by atoms with Crippen molar-refractivity contribution in [2.24, 2.45) is 5.41 Å². The molecule has 0 aromatic heterocycles. The molecular formula is C19H30OS. The van der Waals surface area contributed by atoms with Crippen LogP contribution in [0.1, 0.15) is 68.0 Å². The summed E-state index contributed by atoms with van der Waals surface area (Å²) >= 11 is 4.15. The summed E-state index contributed by atoms with van der Waals surface area (Å²) in [5.74, 6) is 0. The first-order chi connectivity index (χ1) is 9.41. The summed E-state index contributed by atoms with van der Waals surface area (Å²) in [6, 6.07) is 0. The van der Waals surface area contributed by atoms with Crippen LogP contribution in [0.25, 0.3) is 0 Å². The van der Waals surface area contributed by atoms with E-state index < -0.39 is 5.41 Å². The molecule has 0 aliphatic heterocycles. The molecule has 0 radical (unpaired) electrons. The molecule has 0 amide bonds. The largest absolute Gasteiger partial charge is 0.287 e. The van der Waals surface area contributed by atoms with Crippen LogP contribution < -0.4 is 0 Å². The molecule has 0 spiro atoms. The van der Waals surface area contributed by atoms with Gasteiger partial charge in [-0.15, -0.1) is 12.6 Å². The topological polar surface area (TPSA) is 17.1 Å². The van der Waals surface area contributed by atoms with E-state index in [9.17, 15) is 4.79 Å². The van der Waals surface area contributed by atoms with Crippen molar-refractivity contribution in [2.75, 3.05) is 0 Å². The minimum Gasteiger partial charge on any atom is -0.287 e. The number of thiol groups is 1. The van der Waals surface area contributed by atoms with Crippen molar-refractivity contribution in [3.63, 3.8) is 0 Å². The summed E-state index contributed by atoms with van der Waals surface area (Å²) in [7, 11) is 0. The number of carbonyl (C=O) groups excluding carboxylic acids is 1. The van der Waals surface area contributed by atoms with E-state index in [1.165, 1.54) is 33.4 Å². The fraction of sp³-hybridized carbons (Fsp3) is 0.632. The van der Waals surface area contributed by atoms with Crippen LogP contribution in [-0.4, -0.2) is 5.12 Å². The Kier molecular flexibility index (Phi) is 5.05. The molecule has 21 heavy (non-hydrogen) atoms. The third kappa shape index (κ3) is 2.67. The average Bonchev–Trinajstić information content (AvgIpc) is 2.39. The van der Waals surface area contributed by atoms with Gasteiger partial charge in [-0.3, -0.25) is 4.79 Å². The van der Waals surface area contributed by atoms with Gasteiger partial charge in [-0.25, -0.2) is 0 Å². The molecule has 0 N–H and O–H groups in total. The second kappa shape index (κ2) is 5.79. The van der Waals surface area contributed by atoms with Gasteiger partial charge in [0.15, 0.2) is 5.12 Å². The van der Waals surface area contributed by atoms with E-state index in [4.69, 9.17) is 0 Å². The molecular weight excluding hydrogens is 276 g/mol. The van der Waals surface area contributed by atoms with E-state index in [2.05, 4.69) is 61.1 Å². The van der Waals surface area contributed by atoms with Crippen LogP contribution in [0.5, 0.6) is 0 Å². The van der Waals surface area contributed by atoms with Gasteiger partial charge in [-0.2, -0.15) is 0 Å². The molecule has 0 atom stereocenters. The maximum absolute atomic E-state index is 12.1. The second-order valence-corrected chi connectivity index (χ2v) is 7.67. The van der Waals surface area contributed by atoms with E-state index >= 15 is 0 Å². The van der Waals surface area contributed by atoms with Crippen molar-refractivity contribution in [2.45, 2.75) is 74.1 Å². The maximum atomic E-state index is 12.1. The highest BCUT2D eigenvalue weighted by Crippen LogP contribution is 2.47. The lowest BCUT2D eigenvalue weighted by Gasteiger charge is -2.43. The summed E-state index contributed by atoms with van der Waals surface area (Å²) in [5.41, 5.74) is 7.35. The first kappa shape index (κ1) is 18.3. The molecule has 1 nitrogen and oxygen atoms in total. The van der Waals surface area contributed by atoms with Gasteiger partial charge in [0.2, 0.25) is 0 Å². The summed E-state index contributed by atoms with van der Waals surface area (Å²) in [6.45, 7) is 19.3. The normalized spacial score (nSPS) is 12.7. The number of benzene rings is 1. The number of hydrogen-bond donors (Lipinski definition) is 1. The van der Waals surface area contributed by atoms with Gasteiger partial charge in [-0.1, -0.05) is 34.6 Å². The molecule has 2 heteroatoms. The number of carbonyl (C=O) groups is 1. The van der Waals surface area contributed by atoms with Crippen molar-refractivity contribution in [3.05, 3.63) is 33.4 Å². The Bertz CT molecular complexity index is 580. The van der Waals surface area contributed by atoms with Gasteiger partial charge in [0.1, 0.15) is 0 Å². The quantitative estimate of drug-likeness (QED) is 0.752. The zero-order valence-corrected chi connectivity index (χ0v) is 16.0. The summed E-state index contributed by atoms with van der Waals surface area (Å²) in [6.07, 6.45) is 0.989. The van der Waals surface area contributed by atoms with Crippen LogP contribution >= 0.6 is 12.6 Å². The predicted octanol–water partition coefficient (Wildman–Crippen LogP) is 5.24. The lowest BCUT2D eigenvalue weighted by Crippen LogP contribution is -2.42. The Balaban J connectivity index is 3.83. The molecule has 0 saturated heterocycles. The Morgan fingerprint density at radius 3 is 1.71 bits per heavy atom. The minimum absolute atomic E-state index is 0.0511. The van der Waals surface area contributed by atoms with E-state index in [1.807, 2.05) is 13.8 Å². The summed E-state index contributed by atoms with van der Waals surface area (Å²) in [4.78, 5) is 12.1. The SMILES string of the molecule is CCc1c(C)c(C)c(C)c(C)c1C(C)(C)C(C)(C)C(=O)S. The average molecular weight is 307 g/mol. The molecule has 0 fully saturated rings. The van der Waals surface area contributed by atoms with Gasteiger partial charge in [0, 0.05) is 10.8 Å². The van der Waals surface area contributed by atoms with Crippen LogP contribution in [0.15, 0.2) is 0 Å². The molecule has 0 aliphatic rings. The first-order valence-corrected chi connectivity index (χ1v) is 8.19. The summed E-state index contributed by atoms with van der Waals surface area (Å²) in [5, 5.41) is -0.0511. The van der Waals surface area contributed by atoms with Crippen LogP contribution in [0.4, 0.5) is 0 Å². The van der Waals surface area contributed by atoms with Crippen molar-refractivity contribution >= 4 is 17.7 Å². The van der Waals surface area contributed by atoms with E-state index in [0.29, 0.717) is 0 Å². The monoisotopic (exact) mass is 306 g/mol. The predicted molar refractivity (Wildman–Crippen MR) is 95.6 cm³/mol. The third-order valence-electron chi connectivity index (χ3n) is 5.89. The Labute approximate surface area is 135 Å². The molecule has 1 aromatic rings. The Morgan fingerprint density at radius 2 is 1.33 bits per heavy atom. The Hall–Kier alpha value is -0.760. The molecule has 0 aliphatic carbocycles. The van der Waals surface area contributed by atoms with Crippen molar-refractivity contribution in [1.82, 2.24) is 0 Å². The number of rotatable bonds is 4. The lowest BCUT2D eigenvalue weighted by atomic mass is 9.61. The van der Waals surface area contributed by atoms with E-state index in [0.717, 1.165) is 6.42 Å². The fourth-order valence-electron chi connectivity index (χ4n) is 3.26. The third-order valence-corrected chi connectivity index (χ3v) is 6.45. The van der Waals surface area contributed by atoms with Gasteiger partial charge in [-0.05, 0) is 67.5 Å². The minimum atomic E-state index is -0.515. The highest BCUT2D eigenvalue weighted by Gasteiger charge is 2.44. The molecule has 0 bridgehead atoms. The van der Waals surface area contributed by atoms with Crippen molar-refractivity contribution < 1.29 is 4.79 Å². The molecule has 1 aromatic carbocycles. The van der Waals surface area contributed by atoms with Crippen LogP contribution in [0.3, 0.4) is 0 Å². The van der Waals surface area contributed by atoms with E-state index in [1.54, 1.807) is 0 Å². The van der Waals surface area contributed by atoms with Gasteiger partial charge in [0.25, 0.3) is 0 Å². The highest BCUT2D eigenvalue weighted by atomic mass is 32.1. The van der Waals surface area contributed by atoms with Gasteiger partial charge < -0.3 is 0 Å². The van der Waals surface area contributed by atoms with Gasteiger partial charge in [0.05, 0.1) is 0 Å². The van der Waals surface area contributed by atoms with Crippen LogP contribution in [0, 0.1) is 33.1 Å². The highest BCUT2D eigenvalue weighted by molar-refractivity contribution is 7.96. The smallest absolute Gasteiger partial charge is 0.192 e. The van der Waals surface area contributed by atoms with Crippen LogP contribution in [0.2, 0.25) is 0 Å². The number of hydrogen-bond acceptors (Lipinski definition) is 1. The molecule has 0 saturated carbocycles. The zero-order chi connectivity index (χ0) is 16.7. The molecule has 118 valence electrons. The first-order valence-electron chi connectivity index (χ1n) is 7.74. The second-order valence-electron chi connectivity index (χ2n) is 7.26. The fourth-order valence-corrected chi connectivity index (χ4v) is 3.54. The summed E-state index contributed by atoms with van der Waals surface area (Å²) < 4.78 is 0.